The van der Waals surface area contributed by atoms with Crippen LogP contribution in [0.2, 0.25) is 0 Å². The van der Waals surface area contributed by atoms with Crippen molar-refractivity contribution < 1.29 is 35.9 Å². The summed E-state index contributed by atoms with van der Waals surface area (Å²) < 4.78 is 90.9. The highest BCUT2D eigenvalue weighted by Crippen LogP contribution is 2.41. The van der Waals surface area contributed by atoms with Crippen LogP contribution in [0.3, 0.4) is 0 Å². The van der Waals surface area contributed by atoms with Crippen LogP contribution in [0.5, 0.6) is 0 Å². The topological polar surface area (TPSA) is 134 Å². The summed E-state index contributed by atoms with van der Waals surface area (Å²) in [5.41, 5.74) is -2.00. The Hall–Kier alpha value is -5.08. The summed E-state index contributed by atoms with van der Waals surface area (Å²) in [5.74, 6) is -0.538. The molecular formula is C31H29F6N9O2. The minimum Gasteiger partial charge on any atom is -0.383 e. The molecule has 4 aromatic rings. The third-order valence-corrected chi connectivity index (χ3v) is 7.54. The highest BCUT2D eigenvalue weighted by Gasteiger charge is 2.41. The number of nitriles is 1. The van der Waals surface area contributed by atoms with Gasteiger partial charge in [-0.1, -0.05) is 0 Å². The zero-order valence-electron chi connectivity index (χ0n) is 25.7. The monoisotopic (exact) mass is 673 g/mol. The van der Waals surface area contributed by atoms with E-state index < -0.39 is 36.1 Å². The second kappa shape index (κ2) is 14.0. The number of amides is 1. The molecule has 0 spiro atoms. The predicted molar refractivity (Wildman–Crippen MR) is 161 cm³/mol. The van der Waals surface area contributed by atoms with Crippen molar-refractivity contribution in [1.29, 1.82) is 5.26 Å². The van der Waals surface area contributed by atoms with E-state index in [0.29, 0.717) is 19.6 Å². The highest BCUT2D eigenvalue weighted by molar-refractivity contribution is 6.10. The zero-order valence-corrected chi connectivity index (χ0v) is 25.7. The van der Waals surface area contributed by atoms with Crippen LogP contribution in [0.25, 0.3) is 22.5 Å². The normalized spacial score (nSPS) is 13.1. The SMILES string of the molecule is COCCNCc1cc2c(c(C(F)(F)F)c1)CN(c1cc(-c3cc(C(F)(F)F)ncc3-c3nncn3C)cc(NCCCC#N)n1)C2=O. The number of carbonyl (C=O) groups is 1. The standard InChI is InChI=1S/C31H29F6N9O2/c1-45-17-42-44-28(45)22-15-41-25(31(35,36)37)13-20(22)19-11-26(40-6-4-3-5-38)43-27(12-19)46-16-23-21(29(46)47)9-18(14-39-7-8-48-2)10-24(23)30(32,33)34/h9-13,15,17,39H,3-4,6-8,14,16H2,1-2H3,(H,40,43). The first-order valence-electron chi connectivity index (χ1n) is 14.6. The van der Waals surface area contributed by atoms with Gasteiger partial charge in [-0.15, -0.1) is 10.2 Å². The van der Waals surface area contributed by atoms with Gasteiger partial charge in [0.1, 0.15) is 23.7 Å². The lowest BCUT2D eigenvalue weighted by molar-refractivity contribution is -0.141. The lowest BCUT2D eigenvalue weighted by atomic mass is 9.99. The molecule has 4 heterocycles. The summed E-state index contributed by atoms with van der Waals surface area (Å²) in [4.78, 5) is 22.9. The molecule has 1 amide bonds. The Morgan fingerprint density at radius 2 is 1.81 bits per heavy atom. The van der Waals surface area contributed by atoms with E-state index in [0.717, 1.165) is 23.2 Å². The molecule has 3 aromatic heterocycles. The van der Waals surface area contributed by atoms with Crippen molar-refractivity contribution in [3.05, 3.63) is 70.8 Å². The molecule has 1 aromatic carbocycles. The minimum atomic E-state index is -4.81. The van der Waals surface area contributed by atoms with Crippen LogP contribution < -0.4 is 15.5 Å². The molecule has 0 atom stereocenters. The Bertz CT molecular complexity index is 1850. The number of nitrogens with one attached hydrogen (secondary N) is 2. The van der Waals surface area contributed by atoms with Gasteiger partial charge in [-0.25, -0.2) is 4.98 Å². The minimum absolute atomic E-state index is 0.0155. The molecule has 1 aliphatic heterocycles. The van der Waals surface area contributed by atoms with Gasteiger partial charge in [0.25, 0.3) is 5.91 Å². The number of fused-ring (bicyclic) bond motifs is 1. The van der Waals surface area contributed by atoms with Crippen molar-refractivity contribution in [1.82, 2.24) is 30.0 Å². The third kappa shape index (κ3) is 7.39. The van der Waals surface area contributed by atoms with Crippen molar-refractivity contribution >= 4 is 17.5 Å². The number of rotatable bonds is 12. The van der Waals surface area contributed by atoms with Gasteiger partial charge in [-0.3, -0.25) is 14.7 Å². The van der Waals surface area contributed by atoms with E-state index in [2.05, 4.69) is 30.8 Å². The molecule has 17 heteroatoms. The molecule has 0 aliphatic carbocycles. The first kappa shape index (κ1) is 34.3. The van der Waals surface area contributed by atoms with E-state index in [1.807, 2.05) is 6.07 Å². The number of benzene rings is 1. The van der Waals surface area contributed by atoms with Crippen LogP contribution in [-0.2, 0) is 37.2 Å². The van der Waals surface area contributed by atoms with Gasteiger partial charge in [-0.2, -0.15) is 31.6 Å². The van der Waals surface area contributed by atoms with Crippen LogP contribution in [0.1, 0.15) is 45.6 Å². The number of ether oxygens (including phenoxy) is 1. The number of anilines is 2. The van der Waals surface area contributed by atoms with Crippen molar-refractivity contribution in [3.8, 4) is 28.6 Å². The lowest BCUT2D eigenvalue weighted by Gasteiger charge is -2.19. The molecule has 252 valence electrons. The Kier molecular flexibility index (Phi) is 9.96. The number of pyridine rings is 2. The second-order valence-electron chi connectivity index (χ2n) is 10.9. The number of hydrogen-bond acceptors (Lipinski definition) is 9. The maximum atomic E-state index is 14.3. The van der Waals surface area contributed by atoms with E-state index in [-0.39, 0.29) is 70.4 Å². The van der Waals surface area contributed by atoms with E-state index in [9.17, 15) is 31.1 Å². The summed E-state index contributed by atoms with van der Waals surface area (Å²) in [6.45, 7) is 0.517. The Morgan fingerprint density at radius 1 is 1.02 bits per heavy atom. The summed E-state index contributed by atoms with van der Waals surface area (Å²) in [6, 6.07) is 8.00. The number of aryl methyl sites for hydroxylation is 1. The van der Waals surface area contributed by atoms with Crippen LogP contribution in [0.4, 0.5) is 38.0 Å². The van der Waals surface area contributed by atoms with Gasteiger partial charge in [0.05, 0.1) is 24.8 Å². The molecule has 11 nitrogen and oxygen atoms in total. The molecule has 5 rings (SSSR count). The smallest absolute Gasteiger partial charge is 0.383 e. The fraction of sp³-hybridized carbons (Fsp3) is 0.355. The Balaban J connectivity index is 1.63. The van der Waals surface area contributed by atoms with Crippen molar-refractivity contribution in [3.63, 3.8) is 0 Å². The molecule has 0 saturated heterocycles. The number of carbonyl (C=O) groups excluding carboxylic acids is 1. The highest BCUT2D eigenvalue weighted by atomic mass is 19.4. The maximum absolute atomic E-state index is 14.3. The second-order valence-corrected chi connectivity index (χ2v) is 10.9. The molecule has 2 N–H and O–H groups in total. The van der Waals surface area contributed by atoms with Crippen LogP contribution in [0, 0.1) is 11.3 Å². The van der Waals surface area contributed by atoms with Crippen LogP contribution in [0.15, 0.2) is 42.9 Å². The van der Waals surface area contributed by atoms with Gasteiger partial charge in [0, 0.05) is 57.5 Å². The first-order chi connectivity index (χ1) is 22.8. The van der Waals surface area contributed by atoms with Crippen LogP contribution in [-0.4, -0.2) is 57.4 Å². The first-order valence-corrected chi connectivity index (χ1v) is 14.6. The molecule has 1 aliphatic rings. The molecule has 0 bridgehead atoms. The molecule has 0 radical (unpaired) electrons. The van der Waals surface area contributed by atoms with E-state index in [1.54, 1.807) is 7.05 Å². The molecule has 0 unspecified atom stereocenters. The van der Waals surface area contributed by atoms with Gasteiger partial charge in [-0.05, 0) is 59.0 Å². The van der Waals surface area contributed by atoms with Crippen molar-refractivity contribution in [2.45, 2.75) is 38.3 Å². The number of hydrogen-bond donors (Lipinski definition) is 2. The summed E-state index contributed by atoms with van der Waals surface area (Å²) in [6.07, 6.45) is -6.61. The van der Waals surface area contributed by atoms with Crippen LogP contribution >= 0.6 is 0 Å². The number of nitrogens with zero attached hydrogens (tertiary/aromatic N) is 7. The Labute approximate surface area is 270 Å². The molecule has 0 saturated carbocycles. The van der Waals surface area contributed by atoms with Gasteiger partial charge in [0.15, 0.2) is 5.82 Å². The molecule has 0 fully saturated rings. The average molecular weight is 674 g/mol. The van der Waals surface area contributed by atoms with Crippen molar-refractivity contribution in [2.24, 2.45) is 7.05 Å². The van der Waals surface area contributed by atoms with Gasteiger partial charge < -0.3 is 19.9 Å². The predicted octanol–water partition coefficient (Wildman–Crippen LogP) is 5.59. The quantitative estimate of drug-likeness (QED) is 0.146. The number of methoxy groups -OCH3 is 1. The Morgan fingerprint density at radius 3 is 2.48 bits per heavy atom. The molecular weight excluding hydrogens is 644 g/mol. The summed E-state index contributed by atoms with van der Waals surface area (Å²) in [5, 5.41) is 22.7. The number of aromatic nitrogens is 5. The fourth-order valence-corrected chi connectivity index (χ4v) is 5.25. The van der Waals surface area contributed by atoms with E-state index in [1.165, 1.54) is 36.2 Å². The number of halogens is 6. The summed E-state index contributed by atoms with van der Waals surface area (Å²) in [7, 11) is 3.08. The number of unbranched alkanes of at least 4 members (excludes halogenated alkanes) is 1. The average Bonchev–Trinajstić information content (AvgIpc) is 3.62. The number of alkyl halides is 6. The van der Waals surface area contributed by atoms with Gasteiger partial charge in [0.2, 0.25) is 0 Å². The fourth-order valence-electron chi connectivity index (χ4n) is 5.25. The largest absolute Gasteiger partial charge is 0.433 e. The van der Waals surface area contributed by atoms with E-state index in [4.69, 9.17) is 10.00 Å². The van der Waals surface area contributed by atoms with Gasteiger partial charge >= 0.3 is 12.4 Å². The third-order valence-electron chi connectivity index (χ3n) is 7.54. The lowest BCUT2D eigenvalue weighted by Crippen LogP contribution is -2.24. The maximum Gasteiger partial charge on any atom is 0.433 e. The summed E-state index contributed by atoms with van der Waals surface area (Å²) >= 11 is 0. The molecule has 48 heavy (non-hydrogen) atoms. The van der Waals surface area contributed by atoms with Crippen molar-refractivity contribution in [2.75, 3.05) is 37.0 Å². The zero-order chi connectivity index (χ0) is 34.6. The van der Waals surface area contributed by atoms with E-state index >= 15 is 0 Å².